The van der Waals surface area contributed by atoms with Crippen LogP contribution in [0.2, 0.25) is 0 Å². The molecule has 4 nitrogen and oxygen atoms in total. The van der Waals surface area contributed by atoms with Gasteiger partial charge < -0.3 is 5.84 Å². The maximum Gasteiger partial charge on any atom is 0.137 e. The first kappa shape index (κ1) is 9.45. The summed E-state index contributed by atoms with van der Waals surface area (Å²) < 4.78 is 3.13. The Kier molecular flexibility index (Phi) is 2.40. The maximum absolute atomic E-state index is 5.14. The van der Waals surface area contributed by atoms with Crippen LogP contribution in [0.4, 0.5) is 0 Å². The number of imidazole rings is 1. The lowest BCUT2D eigenvalue weighted by atomic mass is 10.4. The van der Waals surface area contributed by atoms with Crippen LogP contribution in [0.15, 0.2) is 23.4 Å². The van der Waals surface area contributed by atoms with Gasteiger partial charge in [-0.2, -0.15) is 5.10 Å². The first-order chi connectivity index (χ1) is 6.72. The van der Waals surface area contributed by atoms with Gasteiger partial charge in [-0.05, 0) is 41.6 Å². The van der Waals surface area contributed by atoms with Gasteiger partial charge in [-0.1, -0.05) is 0 Å². The smallest absolute Gasteiger partial charge is 0.137 e. The Labute approximate surface area is 95.0 Å². The van der Waals surface area contributed by atoms with E-state index in [4.69, 9.17) is 5.84 Å². The molecular formula is C9H9IN4. The van der Waals surface area contributed by atoms with E-state index in [2.05, 4.69) is 32.7 Å². The van der Waals surface area contributed by atoms with Gasteiger partial charge in [-0.25, -0.2) is 4.98 Å². The molecule has 14 heavy (non-hydrogen) atoms. The Bertz CT molecular complexity index is 501. The second-order valence-corrected chi connectivity index (χ2v) is 4.18. The van der Waals surface area contributed by atoms with Crippen molar-refractivity contribution in [1.82, 2.24) is 9.38 Å². The first-order valence-corrected chi connectivity index (χ1v) is 5.17. The third kappa shape index (κ3) is 1.47. The zero-order chi connectivity index (χ0) is 10.1. The van der Waals surface area contributed by atoms with Gasteiger partial charge in [-0.3, -0.25) is 4.40 Å². The van der Waals surface area contributed by atoms with Gasteiger partial charge in [0.25, 0.3) is 0 Å². The lowest BCUT2D eigenvalue weighted by Crippen LogP contribution is -1.95. The Morgan fingerprint density at radius 1 is 1.57 bits per heavy atom. The monoisotopic (exact) mass is 300 g/mol. The maximum atomic E-state index is 5.14. The average molecular weight is 300 g/mol. The molecule has 0 aliphatic rings. The van der Waals surface area contributed by atoms with Crippen molar-refractivity contribution in [3.05, 3.63) is 33.3 Å². The van der Waals surface area contributed by atoms with Crippen molar-refractivity contribution in [2.24, 2.45) is 10.9 Å². The molecule has 0 aromatic carbocycles. The van der Waals surface area contributed by atoms with Crippen molar-refractivity contribution in [3.8, 4) is 0 Å². The van der Waals surface area contributed by atoms with E-state index < -0.39 is 0 Å². The number of hydrogen-bond acceptors (Lipinski definition) is 3. The number of fused-ring (bicyclic) bond motifs is 1. The SMILES string of the molecule is Cc1nc2ccc(I)cn2c1C=NN. The zero-order valence-corrected chi connectivity index (χ0v) is 9.76. The number of hydrazone groups is 1. The molecule has 0 saturated carbocycles. The number of aryl methyl sites for hydroxylation is 1. The van der Waals surface area contributed by atoms with Crippen LogP contribution in [0.1, 0.15) is 11.4 Å². The highest BCUT2D eigenvalue weighted by Crippen LogP contribution is 2.12. The largest absolute Gasteiger partial charge is 0.323 e. The molecule has 0 amide bonds. The number of nitrogens with zero attached hydrogens (tertiary/aromatic N) is 3. The van der Waals surface area contributed by atoms with E-state index in [-0.39, 0.29) is 0 Å². The van der Waals surface area contributed by atoms with Crippen molar-refractivity contribution in [2.45, 2.75) is 6.92 Å². The lowest BCUT2D eigenvalue weighted by Gasteiger charge is -1.96. The Morgan fingerprint density at radius 3 is 3.07 bits per heavy atom. The Morgan fingerprint density at radius 2 is 2.36 bits per heavy atom. The Hall–Kier alpha value is -1.11. The van der Waals surface area contributed by atoms with Crippen LogP contribution in [0, 0.1) is 10.5 Å². The molecule has 5 heteroatoms. The van der Waals surface area contributed by atoms with Crippen LogP contribution >= 0.6 is 22.6 Å². The first-order valence-electron chi connectivity index (χ1n) is 4.10. The number of hydrogen-bond donors (Lipinski definition) is 1. The summed E-state index contributed by atoms with van der Waals surface area (Å²) in [5, 5.41) is 3.53. The van der Waals surface area contributed by atoms with Crippen LogP contribution in [-0.2, 0) is 0 Å². The summed E-state index contributed by atoms with van der Waals surface area (Å²) in [6.45, 7) is 1.94. The summed E-state index contributed by atoms with van der Waals surface area (Å²) in [7, 11) is 0. The zero-order valence-electron chi connectivity index (χ0n) is 7.61. The molecule has 0 aliphatic carbocycles. The number of rotatable bonds is 1. The second-order valence-electron chi connectivity index (χ2n) is 2.94. The van der Waals surface area contributed by atoms with E-state index in [1.807, 2.05) is 29.7 Å². The molecule has 0 spiro atoms. The summed E-state index contributed by atoms with van der Waals surface area (Å²) in [5.41, 5.74) is 2.78. The summed E-state index contributed by atoms with van der Waals surface area (Å²) in [6, 6.07) is 3.99. The van der Waals surface area contributed by atoms with E-state index in [1.54, 1.807) is 6.21 Å². The second kappa shape index (κ2) is 3.56. The van der Waals surface area contributed by atoms with Gasteiger partial charge in [0.05, 0.1) is 17.6 Å². The van der Waals surface area contributed by atoms with Gasteiger partial charge >= 0.3 is 0 Å². The average Bonchev–Trinajstić information content (AvgIpc) is 2.45. The fourth-order valence-electron chi connectivity index (χ4n) is 1.38. The summed E-state index contributed by atoms with van der Waals surface area (Å²) in [6.07, 6.45) is 3.62. The molecular weight excluding hydrogens is 291 g/mol. The van der Waals surface area contributed by atoms with Crippen LogP contribution in [0.25, 0.3) is 5.65 Å². The van der Waals surface area contributed by atoms with Crippen molar-refractivity contribution < 1.29 is 0 Å². The summed E-state index contributed by atoms with van der Waals surface area (Å²) in [5.74, 6) is 5.14. The molecule has 2 heterocycles. The van der Waals surface area contributed by atoms with Crippen LogP contribution in [-0.4, -0.2) is 15.6 Å². The van der Waals surface area contributed by atoms with Crippen molar-refractivity contribution in [1.29, 1.82) is 0 Å². The van der Waals surface area contributed by atoms with Crippen LogP contribution in [0.3, 0.4) is 0 Å². The van der Waals surface area contributed by atoms with Gasteiger partial charge in [0.2, 0.25) is 0 Å². The predicted octanol–water partition coefficient (Wildman–Crippen LogP) is 1.54. The molecule has 0 atom stereocenters. The van der Waals surface area contributed by atoms with Gasteiger partial charge in [0.15, 0.2) is 0 Å². The lowest BCUT2D eigenvalue weighted by molar-refractivity contribution is 1.14. The van der Waals surface area contributed by atoms with E-state index in [1.165, 1.54) is 0 Å². The normalized spacial score (nSPS) is 11.6. The molecule has 0 saturated heterocycles. The van der Waals surface area contributed by atoms with Crippen molar-refractivity contribution in [3.63, 3.8) is 0 Å². The van der Waals surface area contributed by atoms with Crippen molar-refractivity contribution >= 4 is 34.5 Å². The van der Waals surface area contributed by atoms with Gasteiger partial charge in [0, 0.05) is 9.77 Å². The van der Waals surface area contributed by atoms with E-state index in [0.29, 0.717) is 0 Å². The highest BCUT2D eigenvalue weighted by atomic mass is 127. The molecule has 2 aromatic rings. The third-order valence-electron chi connectivity index (χ3n) is 2.00. The third-order valence-corrected chi connectivity index (χ3v) is 2.64. The minimum Gasteiger partial charge on any atom is -0.323 e. The quantitative estimate of drug-likeness (QED) is 0.376. The molecule has 72 valence electrons. The number of aromatic nitrogens is 2. The molecule has 0 unspecified atom stereocenters. The fourth-order valence-corrected chi connectivity index (χ4v) is 1.84. The molecule has 0 radical (unpaired) electrons. The minimum absolute atomic E-state index is 0.915. The standard InChI is InChI=1S/C9H9IN4/c1-6-8(4-12-11)14-5-7(10)2-3-9(14)13-6/h2-5H,11H2,1H3. The fraction of sp³-hybridized carbons (Fsp3) is 0.111. The molecule has 0 fully saturated rings. The number of pyridine rings is 1. The molecule has 0 bridgehead atoms. The van der Waals surface area contributed by atoms with Crippen LogP contribution < -0.4 is 5.84 Å². The van der Waals surface area contributed by atoms with Crippen molar-refractivity contribution in [2.75, 3.05) is 0 Å². The van der Waals surface area contributed by atoms with E-state index in [9.17, 15) is 0 Å². The van der Waals surface area contributed by atoms with E-state index in [0.717, 1.165) is 20.6 Å². The predicted molar refractivity (Wildman–Crippen MR) is 64.4 cm³/mol. The summed E-state index contributed by atoms with van der Waals surface area (Å²) >= 11 is 2.26. The van der Waals surface area contributed by atoms with Crippen LogP contribution in [0.5, 0.6) is 0 Å². The number of nitrogens with two attached hydrogens (primary N) is 1. The molecule has 2 rings (SSSR count). The van der Waals surface area contributed by atoms with Gasteiger partial charge in [0.1, 0.15) is 5.65 Å². The molecule has 2 aromatic heterocycles. The topological polar surface area (TPSA) is 55.7 Å². The van der Waals surface area contributed by atoms with Gasteiger partial charge in [-0.15, -0.1) is 0 Å². The highest BCUT2D eigenvalue weighted by Gasteiger charge is 2.05. The number of halogens is 1. The minimum atomic E-state index is 0.915. The highest BCUT2D eigenvalue weighted by molar-refractivity contribution is 14.1. The summed E-state index contributed by atoms with van der Waals surface area (Å²) in [4.78, 5) is 4.39. The van der Waals surface area contributed by atoms with E-state index >= 15 is 0 Å². The molecule has 0 aliphatic heterocycles. The Balaban J connectivity index is 2.79. The molecule has 2 N–H and O–H groups in total.